The summed E-state index contributed by atoms with van der Waals surface area (Å²) < 4.78 is 12.2. The summed E-state index contributed by atoms with van der Waals surface area (Å²) in [4.78, 5) is 44.0. The van der Waals surface area contributed by atoms with Crippen LogP contribution in [0.5, 0.6) is 0 Å². The monoisotopic (exact) mass is 408 g/mol. The number of ether oxygens (including phenoxy) is 2. The molecule has 1 unspecified atom stereocenters. The van der Waals surface area contributed by atoms with Gasteiger partial charge in [0.15, 0.2) is 0 Å². The Morgan fingerprint density at radius 2 is 1.83 bits per heavy atom. The van der Waals surface area contributed by atoms with Crippen LogP contribution in [-0.4, -0.2) is 46.4 Å². The van der Waals surface area contributed by atoms with Crippen molar-refractivity contribution < 1.29 is 29.0 Å². The van der Waals surface area contributed by atoms with Gasteiger partial charge in [-0.05, 0) is 20.8 Å². The summed E-state index contributed by atoms with van der Waals surface area (Å²) in [5.41, 5.74) is 2.27. The van der Waals surface area contributed by atoms with E-state index in [1.165, 1.54) is 0 Å². The van der Waals surface area contributed by atoms with Crippen molar-refractivity contribution in [2.75, 3.05) is 19.8 Å². The number of hydrogen-bond donors (Lipinski definition) is 1. The number of allylic oxidation sites excluding steroid dienone is 2. The molecule has 29 heavy (non-hydrogen) atoms. The number of nitrogens with zero attached hydrogens (tertiary/aromatic N) is 3. The fourth-order valence-electron chi connectivity index (χ4n) is 3.13. The summed E-state index contributed by atoms with van der Waals surface area (Å²) in [6, 6.07) is 0. The lowest BCUT2D eigenvalue weighted by atomic mass is 9.83. The molecule has 11 heteroatoms. The smallest absolute Gasteiger partial charge is 0.336 e. The van der Waals surface area contributed by atoms with Crippen LogP contribution in [0.15, 0.2) is 35.1 Å². The second-order valence-corrected chi connectivity index (χ2v) is 6.33. The summed E-state index contributed by atoms with van der Waals surface area (Å²) in [7, 11) is 1.76. The van der Waals surface area contributed by atoms with Gasteiger partial charge in [-0.3, -0.25) is 0 Å². The minimum atomic E-state index is -0.906. The lowest BCUT2D eigenvalue weighted by Crippen LogP contribution is -2.33. The Morgan fingerprint density at radius 1 is 1.21 bits per heavy atom. The molecule has 1 aromatic heterocycles. The molecule has 0 saturated heterocycles. The topological polar surface area (TPSA) is 135 Å². The minimum Gasteiger partial charge on any atom is -0.463 e. The Labute approximate surface area is 167 Å². The maximum atomic E-state index is 12.9. The summed E-state index contributed by atoms with van der Waals surface area (Å²) in [5, 5.41) is 12.3. The third-order valence-corrected chi connectivity index (χ3v) is 4.34. The lowest BCUT2D eigenvalue weighted by molar-refractivity contribution is -0.757. The van der Waals surface area contributed by atoms with E-state index in [1.807, 2.05) is 0 Å². The van der Waals surface area contributed by atoms with Crippen LogP contribution in [0.4, 0.5) is 0 Å². The van der Waals surface area contributed by atoms with Crippen LogP contribution >= 0.6 is 0 Å². The highest BCUT2D eigenvalue weighted by Gasteiger charge is 2.39. The molecule has 1 aliphatic heterocycles. The molecule has 0 radical (unpaired) electrons. The van der Waals surface area contributed by atoms with Crippen molar-refractivity contribution in [3.63, 3.8) is 0 Å². The molecular formula is C18H24N4O7. The Bertz CT molecular complexity index is 856. The van der Waals surface area contributed by atoms with Crippen LogP contribution in [0.1, 0.15) is 38.8 Å². The maximum absolute atomic E-state index is 12.9. The Hall–Kier alpha value is -3.37. The minimum absolute atomic E-state index is 0.0704. The maximum Gasteiger partial charge on any atom is 0.336 e. The molecule has 0 amide bonds. The largest absolute Gasteiger partial charge is 0.463 e. The number of hydrogen-bond acceptors (Lipinski definition) is 9. The van der Waals surface area contributed by atoms with Gasteiger partial charge in [0.05, 0.1) is 43.2 Å². The average Bonchev–Trinajstić information content (AvgIpc) is 3.06. The third kappa shape index (κ3) is 5.12. The fourth-order valence-corrected chi connectivity index (χ4v) is 3.13. The summed E-state index contributed by atoms with van der Waals surface area (Å²) >= 11 is 0. The number of aryl methyl sites for hydroxylation is 1. The van der Waals surface area contributed by atoms with E-state index < -0.39 is 22.9 Å². The molecule has 0 aliphatic carbocycles. The zero-order valence-electron chi connectivity index (χ0n) is 16.8. The van der Waals surface area contributed by atoms with Gasteiger partial charge >= 0.3 is 11.9 Å². The van der Waals surface area contributed by atoms with E-state index in [1.54, 1.807) is 44.9 Å². The van der Waals surface area contributed by atoms with Gasteiger partial charge < -0.3 is 24.2 Å². The van der Waals surface area contributed by atoms with Crippen molar-refractivity contribution in [3.8, 4) is 0 Å². The molecule has 1 N–H and O–H groups in total. The molecule has 11 nitrogen and oxygen atoms in total. The molecule has 0 fully saturated rings. The molecule has 1 atom stereocenters. The molecule has 2 heterocycles. The molecule has 1 aliphatic rings. The van der Waals surface area contributed by atoms with E-state index in [9.17, 15) is 19.7 Å². The van der Waals surface area contributed by atoms with E-state index in [0.29, 0.717) is 22.7 Å². The van der Waals surface area contributed by atoms with Crippen LogP contribution < -0.4 is 5.32 Å². The van der Waals surface area contributed by atoms with E-state index in [4.69, 9.17) is 9.47 Å². The van der Waals surface area contributed by atoms with Crippen molar-refractivity contribution >= 4 is 11.9 Å². The standard InChI is InChI=1S/C18H24N4O7/c1-5-27-17(23)14-11(2)20-12(3)15(16(14)13-9-19-10-21(13)4)18(24)28-7-6-8-29-22(25)26/h9-10,16,20H,5-8H2,1-4H3. The fraction of sp³-hybridized carbons (Fsp3) is 0.500. The molecule has 158 valence electrons. The number of carbonyl (C=O) groups is 2. The molecule has 2 rings (SSSR count). The third-order valence-electron chi connectivity index (χ3n) is 4.34. The number of aromatic nitrogens is 2. The first-order chi connectivity index (χ1) is 13.8. The van der Waals surface area contributed by atoms with Crippen molar-refractivity contribution in [3.05, 3.63) is 50.9 Å². The van der Waals surface area contributed by atoms with Gasteiger partial charge in [0.2, 0.25) is 0 Å². The molecule has 0 bridgehead atoms. The lowest BCUT2D eigenvalue weighted by Gasteiger charge is -2.30. The van der Waals surface area contributed by atoms with E-state index >= 15 is 0 Å². The Kier molecular flexibility index (Phi) is 7.34. The van der Waals surface area contributed by atoms with Gasteiger partial charge in [-0.25, -0.2) is 14.6 Å². The first-order valence-electron chi connectivity index (χ1n) is 9.04. The quantitative estimate of drug-likeness (QED) is 0.278. The molecule has 0 spiro atoms. The van der Waals surface area contributed by atoms with E-state index in [2.05, 4.69) is 15.1 Å². The number of nitrogens with one attached hydrogen (secondary N) is 1. The highest BCUT2D eigenvalue weighted by Crippen LogP contribution is 2.38. The van der Waals surface area contributed by atoms with E-state index in [0.717, 1.165) is 0 Å². The summed E-state index contributed by atoms with van der Waals surface area (Å²) in [5.74, 6) is -1.91. The average molecular weight is 408 g/mol. The van der Waals surface area contributed by atoms with Gasteiger partial charge in [0.1, 0.15) is 0 Å². The highest BCUT2D eigenvalue weighted by molar-refractivity contribution is 5.99. The predicted molar refractivity (Wildman–Crippen MR) is 99.6 cm³/mol. The van der Waals surface area contributed by atoms with Crippen molar-refractivity contribution in [2.24, 2.45) is 7.05 Å². The van der Waals surface area contributed by atoms with Crippen LogP contribution in [0.3, 0.4) is 0 Å². The Morgan fingerprint density at radius 3 is 2.34 bits per heavy atom. The predicted octanol–water partition coefficient (Wildman–Crippen LogP) is 1.36. The second kappa shape index (κ2) is 9.71. The van der Waals surface area contributed by atoms with Gasteiger partial charge in [-0.2, -0.15) is 0 Å². The number of dihydropyridines is 1. The summed E-state index contributed by atoms with van der Waals surface area (Å²) in [6.07, 6.45) is 3.30. The van der Waals surface area contributed by atoms with Gasteiger partial charge in [-0.15, -0.1) is 10.1 Å². The zero-order valence-corrected chi connectivity index (χ0v) is 16.8. The van der Waals surface area contributed by atoms with Crippen molar-refractivity contribution in [1.82, 2.24) is 14.9 Å². The molecular weight excluding hydrogens is 384 g/mol. The Balaban J connectivity index is 2.32. The number of carbonyl (C=O) groups excluding carboxylic acids is 2. The summed E-state index contributed by atoms with van der Waals surface area (Å²) in [6.45, 7) is 5.07. The van der Waals surface area contributed by atoms with Gasteiger partial charge in [-0.1, -0.05) is 0 Å². The van der Waals surface area contributed by atoms with Crippen LogP contribution in [0.2, 0.25) is 0 Å². The number of rotatable bonds is 9. The molecule has 0 saturated carbocycles. The normalized spacial score (nSPS) is 16.3. The number of esters is 2. The molecule has 0 aromatic carbocycles. The van der Waals surface area contributed by atoms with E-state index in [-0.39, 0.29) is 31.8 Å². The first kappa shape index (κ1) is 21.9. The molecule has 1 aromatic rings. The van der Waals surface area contributed by atoms with Gasteiger partial charge in [0.25, 0.3) is 5.09 Å². The zero-order chi connectivity index (χ0) is 21.6. The van der Waals surface area contributed by atoms with Crippen LogP contribution in [0, 0.1) is 10.1 Å². The van der Waals surface area contributed by atoms with Crippen LogP contribution in [-0.2, 0) is 30.9 Å². The van der Waals surface area contributed by atoms with Crippen molar-refractivity contribution in [1.29, 1.82) is 0 Å². The SMILES string of the molecule is CCOC(=O)C1=C(C)NC(C)=C(C(=O)OCCCO[N+](=O)[O-])C1c1cncn1C. The van der Waals surface area contributed by atoms with Gasteiger partial charge in [0, 0.05) is 36.8 Å². The second-order valence-electron chi connectivity index (χ2n) is 6.33. The van der Waals surface area contributed by atoms with Crippen LogP contribution in [0.25, 0.3) is 0 Å². The van der Waals surface area contributed by atoms with Crippen molar-refractivity contribution in [2.45, 2.75) is 33.1 Å². The highest BCUT2D eigenvalue weighted by atomic mass is 16.9. The number of imidazole rings is 1. The first-order valence-corrected chi connectivity index (χ1v) is 9.04.